The highest BCUT2D eigenvalue weighted by Gasteiger charge is 2.32. The summed E-state index contributed by atoms with van der Waals surface area (Å²) in [5.74, 6) is 1.20. The van der Waals surface area contributed by atoms with Gasteiger partial charge < -0.3 is 19.1 Å². The highest BCUT2D eigenvalue weighted by molar-refractivity contribution is 7.89. The fourth-order valence-corrected chi connectivity index (χ4v) is 4.65. The van der Waals surface area contributed by atoms with Gasteiger partial charge >= 0.3 is 0 Å². The van der Waals surface area contributed by atoms with Gasteiger partial charge in [-0.15, -0.1) is 0 Å². The maximum Gasteiger partial charge on any atom is 0.227 e. The maximum atomic E-state index is 12.9. The molecule has 1 atom stereocenters. The van der Waals surface area contributed by atoms with Crippen LogP contribution in [-0.4, -0.2) is 70.7 Å². The smallest absolute Gasteiger partial charge is 0.227 e. The second-order valence-corrected chi connectivity index (χ2v) is 9.08. The molecule has 1 aliphatic heterocycles. The van der Waals surface area contributed by atoms with E-state index in [9.17, 15) is 13.2 Å². The van der Waals surface area contributed by atoms with E-state index in [0.29, 0.717) is 43.2 Å². The monoisotopic (exact) mass is 414 g/mol. The van der Waals surface area contributed by atoms with Crippen molar-refractivity contribution >= 4 is 15.9 Å². The summed E-state index contributed by atoms with van der Waals surface area (Å²) in [6.45, 7) is 2.70. The van der Waals surface area contributed by atoms with Crippen LogP contribution in [-0.2, 0) is 21.4 Å². The van der Waals surface area contributed by atoms with Gasteiger partial charge in [0.25, 0.3) is 0 Å². The zero-order valence-corrected chi connectivity index (χ0v) is 18.0. The molecule has 0 unspecified atom stereocenters. The molecule has 0 radical (unpaired) electrons. The average Bonchev–Trinajstić information content (AvgIpc) is 2.72. The van der Waals surface area contributed by atoms with Gasteiger partial charge in [0.2, 0.25) is 21.7 Å². The number of rotatable bonds is 8. The van der Waals surface area contributed by atoms with Crippen molar-refractivity contribution in [2.75, 3.05) is 47.2 Å². The van der Waals surface area contributed by atoms with Gasteiger partial charge in [-0.25, -0.2) is 12.7 Å². The van der Waals surface area contributed by atoms with Gasteiger partial charge in [-0.05, 0) is 37.5 Å². The normalized spacial score (nSPS) is 17.8. The number of methoxy groups -OCH3 is 3. The van der Waals surface area contributed by atoms with Gasteiger partial charge in [0.05, 0.1) is 33.0 Å². The first-order valence-corrected chi connectivity index (χ1v) is 10.9. The molecule has 1 heterocycles. The van der Waals surface area contributed by atoms with Gasteiger partial charge in [-0.3, -0.25) is 4.79 Å². The zero-order chi connectivity index (χ0) is 20.9. The van der Waals surface area contributed by atoms with Crippen LogP contribution in [0.1, 0.15) is 25.3 Å². The van der Waals surface area contributed by atoms with Crippen LogP contribution in [0, 0.1) is 5.92 Å². The van der Waals surface area contributed by atoms with Crippen LogP contribution in [0.15, 0.2) is 12.1 Å². The van der Waals surface area contributed by atoms with Crippen LogP contribution in [0.2, 0.25) is 0 Å². The quantitative estimate of drug-likeness (QED) is 0.644. The molecular weight excluding hydrogens is 384 g/mol. The maximum absolute atomic E-state index is 12.9. The van der Waals surface area contributed by atoms with E-state index < -0.39 is 10.0 Å². The van der Waals surface area contributed by atoms with E-state index in [2.05, 4.69) is 0 Å². The van der Waals surface area contributed by atoms with E-state index in [1.165, 1.54) is 11.4 Å². The summed E-state index contributed by atoms with van der Waals surface area (Å²) in [5, 5.41) is 0. The molecule has 158 valence electrons. The number of ether oxygens (including phenoxy) is 3. The van der Waals surface area contributed by atoms with Crippen molar-refractivity contribution in [3.63, 3.8) is 0 Å². The fourth-order valence-electron chi connectivity index (χ4n) is 3.47. The lowest BCUT2D eigenvalue weighted by atomic mass is 9.98. The van der Waals surface area contributed by atoms with Crippen LogP contribution < -0.4 is 14.2 Å². The second-order valence-electron chi connectivity index (χ2n) is 6.83. The molecule has 1 aliphatic rings. The van der Waals surface area contributed by atoms with Gasteiger partial charge in [0.15, 0.2) is 11.5 Å². The third kappa shape index (κ3) is 4.88. The van der Waals surface area contributed by atoms with Gasteiger partial charge in [0.1, 0.15) is 0 Å². The third-order valence-corrected chi connectivity index (χ3v) is 6.86. The lowest BCUT2D eigenvalue weighted by molar-refractivity contribution is -0.135. The van der Waals surface area contributed by atoms with Crippen LogP contribution in [0.5, 0.6) is 17.2 Å². The minimum absolute atomic E-state index is 0.0508. The summed E-state index contributed by atoms with van der Waals surface area (Å²) in [7, 11) is 3.06. The number of nitrogens with zero attached hydrogens (tertiary/aromatic N) is 2. The van der Waals surface area contributed by atoms with Crippen molar-refractivity contribution < 1.29 is 27.4 Å². The minimum atomic E-state index is -3.28. The van der Waals surface area contributed by atoms with Crippen molar-refractivity contribution in [1.82, 2.24) is 9.21 Å². The number of hydrogen-bond donors (Lipinski definition) is 0. The van der Waals surface area contributed by atoms with E-state index in [1.807, 2.05) is 0 Å². The minimum Gasteiger partial charge on any atom is -0.493 e. The Hall–Kier alpha value is -2.00. The van der Waals surface area contributed by atoms with Gasteiger partial charge in [-0.1, -0.05) is 0 Å². The number of carbonyl (C=O) groups excluding carboxylic acids is 1. The SMILES string of the molecule is CCS(=O)(=O)N1CCC[C@@H](C(=O)N(C)Cc2cc(OC)c(OC)c(OC)c2)C1. The molecule has 0 spiro atoms. The van der Waals surface area contributed by atoms with Crippen molar-refractivity contribution in [2.24, 2.45) is 5.92 Å². The van der Waals surface area contributed by atoms with Crippen LogP contribution in [0.4, 0.5) is 0 Å². The number of carbonyl (C=O) groups is 1. The summed E-state index contributed by atoms with van der Waals surface area (Å²) in [5.41, 5.74) is 0.833. The van der Waals surface area contributed by atoms with E-state index in [0.717, 1.165) is 5.56 Å². The molecule has 1 aromatic carbocycles. The van der Waals surface area contributed by atoms with Crippen molar-refractivity contribution in [3.05, 3.63) is 17.7 Å². The highest BCUT2D eigenvalue weighted by Crippen LogP contribution is 2.38. The average molecular weight is 415 g/mol. The summed E-state index contributed by atoms with van der Waals surface area (Å²) in [6.07, 6.45) is 1.38. The first-order valence-electron chi connectivity index (χ1n) is 9.29. The van der Waals surface area contributed by atoms with Crippen LogP contribution in [0.3, 0.4) is 0 Å². The molecule has 1 fully saturated rings. The number of hydrogen-bond acceptors (Lipinski definition) is 6. The highest BCUT2D eigenvalue weighted by atomic mass is 32.2. The van der Waals surface area contributed by atoms with Gasteiger partial charge in [-0.2, -0.15) is 0 Å². The van der Waals surface area contributed by atoms with Gasteiger partial charge in [0, 0.05) is 26.7 Å². The molecule has 2 rings (SSSR count). The summed E-state index contributed by atoms with van der Waals surface area (Å²) in [6, 6.07) is 3.61. The Bertz CT molecular complexity index is 771. The van der Waals surface area contributed by atoms with Crippen LogP contribution in [0.25, 0.3) is 0 Å². The Morgan fingerprint density at radius 2 is 1.79 bits per heavy atom. The topological polar surface area (TPSA) is 85.4 Å². The third-order valence-electron chi connectivity index (χ3n) is 5.01. The molecule has 0 saturated carbocycles. The predicted octanol–water partition coefficient (Wildman–Crippen LogP) is 1.73. The molecule has 1 saturated heterocycles. The molecular formula is C19H30N2O6S. The first-order chi connectivity index (χ1) is 13.3. The van der Waals surface area contributed by atoms with Crippen molar-refractivity contribution in [2.45, 2.75) is 26.3 Å². The van der Waals surface area contributed by atoms with Crippen molar-refractivity contribution in [1.29, 1.82) is 0 Å². The van der Waals surface area contributed by atoms with E-state index in [-0.39, 0.29) is 24.1 Å². The predicted molar refractivity (Wildman–Crippen MR) is 106 cm³/mol. The molecule has 1 amide bonds. The van der Waals surface area contributed by atoms with Crippen molar-refractivity contribution in [3.8, 4) is 17.2 Å². The lowest BCUT2D eigenvalue weighted by Crippen LogP contribution is -2.46. The Labute approximate surface area is 167 Å². The van der Waals surface area contributed by atoms with E-state index >= 15 is 0 Å². The molecule has 0 bridgehead atoms. The molecule has 28 heavy (non-hydrogen) atoms. The molecule has 0 aromatic heterocycles. The molecule has 8 nitrogen and oxygen atoms in total. The Kier molecular flexibility index (Phi) is 7.54. The molecule has 1 aromatic rings. The van der Waals surface area contributed by atoms with E-state index in [1.54, 1.807) is 45.2 Å². The molecule has 0 N–H and O–H groups in total. The summed E-state index contributed by atoms with van der Waals surface area (Å²) >= 11 is 0. The Morgan fingerprint density at radius 3 is 2.29 bits per heavy atom. The number of amides is 1. The summed E-state index contributed by atoms with van der Waals surface area (Å²) < 4.78 is 41.8. The second kappa shape index (κ2) is 9.47. The number of sulfonamides is 1. The Balaban J connectivity index is 2.14. The largest absolute Gasteiger partial charge is 0.493 e. The zero-order valence-electron chi connectivity index (χ0n) is 17.2. The molecule has 9 heteroatoms. The summed E-state index contributed by atoms with van der Waals surface area (Å²) in [4.78, 5) is 14.5. The van der Waals surface area contributed by atoms with Crippen LogP contribution >= 0.6 is 0 Å². The van der Waals surface area contributed by atoms with E-state index in [4.69, 9.17) is 14.2 Å². The molecule has 0 aliphatic carbocycles. The first kappa shape index (κ1) is 22.3. The lowest BCUT2D eigenvalue weighted by Gasteiger charge is -2.33. The number of benzene rings is 1. The Morgan fingerprint density at radius 1 is 1.18 bits per heavy atom. The fraction of sp³-hybridized carbons (Fsp3) is 0.632. The standard InChI is InChI=1S/C19H30N2O6S/c1-6-28(23,24)21-9-7-8-15(13-21)19(22)20(2)12-14-10-16(25-3)18(27-5)17(11-14)26-4/h10-11,15H,6-9,12-13H2,1-5H3/t15-/m1/s1. The number of piperidine rings is 1.